The zero-order chi connectivity index (χ0) is 15.4. The molecule has 0 fully saturated rings. The SMILES string of the molecule is Cc1ccc(C(=O)N[C@@H](C)CC(=O)c2cccs2)c(=O)[nH]1. The number of ketones is 1. The molecule has 2 aromatic heterocycles. The molecule has 6 heteroatoms. The van der Waals surface area contributed by atoms with Crippen molar-refractivity contribution in [2.24, 2.45) is 0 Å². The Morgan fingerprint density at radius 3 is 2.71 bits per heavy atom. The Bertz CT molecular complexity index is 704. The van der Waals surface area contributed by atoms with E-state index in [0.29, 0.717) is 10.6 Å². The number of rotatable bonds is 5. The summed E-state index contributed by atoms with van der Waals surface area (Å²) in [4.78, 5) is 38.9. The van der Waals surface area contributed by atoms with Crippen molar-refractivity contribution in [3.8, 4) is 0 Å². The number of aryl methyl sites for hydroxylation is 1. The highest BCUT2D eigenvalue weighted by atomic mass is 32.1. The Balaban J connectivity index is 1.99. The highest BCUT2D eigenvalue weighted by Crippen LogP contribution is 2.12. The molecule has 5 nitrogen and oxygen atoms in total. The number of carbonyl (C=O) groups is 2. The molecule has 2 N–H and O–H groups in total. The van der Waals surface area contributed by atoms with Crippen molar-refractivity contribution in [1.29, 1.82) is 0 Å². The third kappa shape index (κ3) is 3.88. The highest BCUT2D eigenvalue weighted by Gasteiger charge is 2.16. The summed E-state index contributed by atoms with van der Waals surface area (Å²) in [6, 6.07) is 6.38. The zero-order valence-electron chi connectivity index (χ0n) is 11.8. The van der Waals surface area contributed by atoms with Gasteiger partial charge in [-0.3, -0.25) is 14.4 Å². The van der Waals surface area contributed by atoms with Gasteiger partial charge in [-0.25, -0.2) is 0 Å². The lowest BCUT2D eigenvalue weighted by Gasteiger charge is -2.12. The van der Waals surface area contributed by atoms with E-state index >= 15 is 0 Å². The van der Waals surface area contributed by atoms with Crippen molar-refractivity contribution in [1.82, 2.24) is 10.3 Å². The second kappa shape index (κ2) is 6.49. The van der Waals surface area contributed by atoms with Gasteiger partial charge in [-0.2, -0.15) is 0 Å². The van der Waals surface area contributed by atoms with E-state index in [9.17, 15) is 14.4 Å². The second-order valence-electron chi connectivity index (χ2n) is 4.86. The van der Waals surface area contributed by atoms with Gasteiger partial charge in [0, 0.05) is 18.2 Å². The van der Waals surface area contributed by atoms with Crippen molar-refractivity contribution in [2.45, 2.75) is 26.3 Å². The molecule has 0 unspecified atom stereocenters. The van der Waals surface area contributed by atoms with E-state index in [0.717, 1.165) is 0 Å². The van der Waals surface area contributed by atoms with E-state index in [1.54, 1.807) is 26.0 Å². The molecule has 0 spiro atoms. The van der Waals surface area contributed by atoms with Crippen LogP contribution in [0.1, 0.15) is 39.1 Å². The molecule has 0 aliphatic carbocycles. The predicted molar refractivity (Wildman–Crippen MR) is 82.0 cm³/mol. The lowest BCUT2D eigenvalue weighted by atomic mass is 10.1. The third-order valence-electron chi connectivity index (χ3n) is 2.97. The molecule has 0 aromatic carbocycles. The number of thiophene rings is 1. The van der Waals surface area contributed by atoms with Crippen LogP contribution in [0, 0.1) is 6.92 Å². The molecule has 0 radical (unpaired) electrons. The molecule has 0 aliphatic rings. The molecule has 2 rings (SSSR count). The van der Waals surface area contributed by atoms with Gasteiger partial charge >= 0.3 is 0 Å². The van der Waals surface area contributed by atoms with Crippen LogP contribution in [0.3, 0.4) is 0 Å². The van der Waals surface area contributed by atoms with Crippen LogP contribution >= 0.6 is 11.3 Å². The largest absolute Gasteiger partial charge is 0.349 e. The number of pyridine rings is 1. The van der Waals surface area contributed by atoms with Crippen LogP contribution in [0.25, 0.3) is 0 Å². The molecule has 1 atom stereocenters. The predicted octanol–water partition coefficient (Wildman–Crippen LogP) is 2.14. The number of amides is 1. The second-order valence-corrected chi connectivity index (χ2v) is 5.81. The van der Waals surface area contributed by atoms with E-state index in [1.165, 1.54) is 17.4 Å². The van der Waals surface area contributed by atoms with Gasteiger partial charge in [0.2, 0.25) is 0 Å². The number of carbonyl (C=O) groups excluding carboxylic acids is 2. The first kappa shape index (κ1) is 15.2. The van der Waals surface area contributed by atoms with Gasteiger partial charge in [-0.15, -0.1) is 11.3 Å². The van der Waals surface area contributed by atoms with Crippen molar-refractivity contribution in [3.63, 3.8) is 0 Å². The zero-order valence-corrected chi connectivity index (χ0v) is 12.6. The first-order chi connectivity index (χ1) is 9.97. The van der Waals surface area contributed by atoms with E-state index in [2.05, 4.69) is 10.3 Å². The fourth-order valence-corrected chi connectivity index (χ4v) is 2.60. The van der Waals surface area contributed by atoms with Crippen LogP contribution < -0.4 is 10.9 Å². The molecule has 0 saturated heterocycles. The normalized spacial score (nSPS) is 11.9. The summed E-state index contributed by atoms with van der Waals surface area (Å²) < 4.78 is 0. The smallest absolute Gasteiger partial charge is 0.260 e. The van der Waals surface area contributed by atoms with Crippen LogP contribution in [-0.4, -0.2) is 22.7 Å². The first-order valence-electron chi connectivity index (χ1n) is 6.55. The Morgan fingerprint density at radius 2 is 2.10 bits per heavy atom. The van der Waals surface area contributed by atoms with Gasteiger partial charge in [-0.1, -0.05) is 6.07 Å². The molecule has 0 bridgehead atoms. The number of H-pyrrole nitrogens is 1. The molecular formula is C15H16N2O3S. The maximum absolute atomic E-state index is 12.0. The van der Waals surface area contributed by atoms with Crippen LogP contribution in [-0.2, 0) is 0 Å². The molecule has 0 aliphatic heterocycles. The molecule has 1 amide bonds. The number of hydrogen-bond acceptors (Lipinski definition) is 4. The van der Waals surface area contributed by atoms with Crippen LogP contribution in [0.2, 0.25) is 0 Å². The van der Waals surface area contributed by atoms with E-state index in [-0.39, 0.29) is 23.8 Å². The number of nitrogens with one attached hydrogen (secondary N) is 2. The summed E-state index contributed by atoms with van der Waals surface area (Å²) in [5.41, 5.74) is 0.317. The monoisotopic (exact) mass is 304 g/mol. The Labute approximate surface area is 126 Å². The standard InChI is InChI=1S/C15H16N2O3S/c1-9-5-6-11(14(19)16-9)15(20)17-10(2)8-12(18)13-4-3-7-21-13/h3-7,10H,8H2,1-2H3,(H,16,19)(H,17,20)/t10-/m0/s1. The first-order valence-corrected chi connectivity index (χ1v) is 7.43. The van der Waals surface area contributed by atoms with Gasteiger partial charge in [0.05, 0.1) is 4.88 Å². The van der Waals surface area contributed by atoms with Crippen molar-refractivity contribution in [3.05, 3.63) is 56.1 Å². The molecular weight excluding hydrogens is 288 g/mol. The molecule has 2 aromatic rings. The summed E-state index contributed by atoms with van der Waals surface area (Å²) in [5.74, 6) is -0.488. The number of hydrogen-bond donors (Lipinski definition) is 2. The topological polar surface area (TPSA) is 79.0 Å². The Kier molecular flexibility index (Phi) is 4.70. The fourth-order valence-electron chi connectivity index (χ4n) is 1.92. The van der Waals surface area contributed by atoms with Crippen LogP contribution in [0.4, 0.5) is 0 Å². The average molecular weight is 304 g/mol. The Morgan fingerprint density at radius 1 is 1.33 bits per heavy atom. The third-order valence-corrected chi connectivity index (χ3v) is 3.88. The van der Waals surface area contributed by atoms with Gasteiger partial charge < -0.3 is 10.3 Å². The summed E-state index contributed by atoms with van der Waals surface area (Å²) in [5, 5.41) is 4.51. The highest BCUT2D eigenvalue weighted by molar-refractivity contribution is 7.12. The van der Waals surface area contributed by atoms with E-state index in [1.807, 2.05) is 11.4 Å². The molecule has 0 saturated carbocycles. The summed E-state index contributed by atoms with van der Waals surface area (Å²) >= 11 is 1.38. The maximum Gasteiger partial charge on any atom is 0.260 e. The molecule has 21 heavy (non-hydrogen) atoms. The van der Waals surface area contributed by atoms with Crippen LogP contribution in [0.15, 0.2) is 34.4 Å². The van der Waals surface area contributed by atoms with Crippen molar-refractivity contribution < 1.29 is 9.59 Å². The minimum atomic E-state index is -0.470. The lowest BCUT2D eigenvalue weighted by Crippen LogP contribution is -2.37. The number of Topliss-reactive ketones (excluding diaryl/α,β-unsaturated/α-hetero) is 1. The fraction of sp³-hybridized carbons (Fsp3) is 0.267. The van der Waals surface area contributed by atoms with E-state index in [4.69, 9.17) is 0 Å². The van der Waals surface area contributed by atoms with Gasteiger partial charge in [0.15, 0.2) is 5.78 Å². The maximum atomic E-state index is 12.0. The lowest BCUT2D eigenvalue weighted by molar-refractivity contribution is 0.0918. The number of aromatic amines is 1. The number of aromatic nitrogens is 1. The van der Waals surface area contributed by atoms with Crippen molar-refractivity contribution in [2.75, 3.05) is 0 Å². The van der Waals surface area contributed by atoms with Gasteiger partial charge in [0.1, 0.15) is 5.56 Å². The summed E-state index contributed by atoms with van der Waals surface area (Å²) in [6.45, 7) is 3.48. The quantitative estimate of drug-likeness (QED) is 0.831. The molecule has 2 heterocycles. The van der Waals surface area contributed by atoms with Gasteiger partial charge in [0.25, 0.3) is 11.5 Å². The average Bonchev–Trinajstić information content (AvgIpc) is 2.91. The van der Waals surface area contributed by atoms with Crippen LogP contribution in [0.5, 0.6) is 0 Å². The minimum Gasteiger partial charge on any atom is -0.349 e. The summed E-state index contributed by atoms with van der Waals surface area (Å²) in [7, 11) is 0. The minimum absolute atomic E-state index is 0.0179. The van der Waals surface area contributed by atoms with Gasteiger partial charge in [-0.05, 0) is 37.4 Å². The summed E-state index contributed by atoms with van der Waals surface area (Å²) in [6.07, 6.45) is 0.204. The molecule has 110 valence electrons. The van der Waals surface area contributed by atoms with Crippen molar-refractivity contribution >= 4 is 23.0 Å². The van der Waals surface area contributed by atoms with E-state index < -0.39 is 11.5 Å². The Hall–Kier alpha value is -2.21.